The molecule has 2 aromatic carbocycles. The molecule has 0 saturated heterocycles. The number of nitrogens with zero attached hydrogens (tertiary/aromatic N) is 3. The second-order valence-electron chi connectivity index (χ2n) is 20.4. The molecule has 28 heteroatoms. The van der Waals surface area contributed by atoms with Crippen LogP contribution in [0.3, 0.4) is 0 Å². The number of nitrogens with one attached hydrogen (secondary N) is 7. The number of halogens is 1. The number of cyclic esters (lactones) is 1. The Bertz CT molecular complexity index is 3440. The van der Waals surface area contributed by atoms with Crippen LogP contribution in [0, 0.1) is 12.7 Å². The van der Waals surface area contributed by atoms with E-state index in [1.165, 1.54) is 16.7 Å². The Morgan fingerprint density at radius 2 is 1.46 bits per heavy atom. The summed E-state index contributed by atoms with van der Waals surface area (Å²) in [4.78, 5) is 159. The van der Waals surface area contributed by atoms with Crippen molar-refractivity contribution in [2.75, 3.05) is 59.2 Å². The fourth-order valence-corrected chi connectivity index (χ4v) is 10.4. The standard InChI is InChI=1S/C57H63FN10O17/c1-3-57(82)35-22-41-52-33(28-68(41)55(80)34(35)29-85-56(57)81)51-37(10-9-32-30(2)36(58)23-38(66-52)50(32)51)63-46(73)27-62-53(78)39(21-31-7-5-4-6-8-31)65-45(72)26-60-44(71)25-61-54(79)40(24-49(76)77)64-43(70)14-17-83-19-20-84-18-15-59-42(69)13-16-67-47(74)11-12-48(67)75/h4-8,11-12,22-23,37,39-40,82H,3,9-10,13-21,24-29H2,1-2H3,(H,59,69)(H,60,71)(H,61,79)(H,62,78)(H,63,73)(H,64,70)(H,65,72)(H,76,77)/t37-,39-,40-,57-/m0/s1. The van der Waals surface area contributed by atoms with E-state index >= 15 is 4.39 Å². The number of pyridine rings is 2. The number of carboxylic acid groups (broad SMARTS) is 1. The molecule has 4 atom stereocenters. The quantitative estimate of drug-likeness (QED) is 0.0157. The number of benzene rings is 2. The van der Waals surface area contributed by atoms with Crippen molar-refractivity contribution in [3.8, 4) is 11.4 Å². The number of carboxylic acids is 1. The van der Waals surface area contributed by atoms with Crippen LogP contribution in [-0.2, 0) is 98.5 Å². The van der Waals surface area contributed by atoms with Crippen LogP contribution in [0.4, 0.5) is 4.39 Å². The molecule has 0 spiro atoms. The van der Waals surface area contributed by atoms with Crippen molar-refractivity contribution >= 4 is 76.0 Å². The highest BCUT2D eigenvalue weighted by atomic mass is 19.1. The third kappa shape index (κ3) is 14.6. The molecule has 9 amide bonds. The normalized spacial score (nSPS) is 17.0. The monoisotopic (exact) mass is 1180 g/mol. The minimum absolute atomic E-state index is 0.000360. The first kappa shape index (κ1) is 61.8. The van der Waals surface area contributed by atoms with Crippen LogP contribution in [0.5, 0.6) is 0 Å². The smallest absolute Gasteiger partial charge is 0.343 e. The number of hydrogen-bond acceptors (Lipinski definition) is 17. The summed E-state index contributed by atoms with van der Waals surface area (Å²) >= 11 is 0. The predicted molar refractivity (Wildman–Crippen MR) is 293 cm³/mol. The van der Waals surface area contributed by atoms with Gasteiger partial charge in [-0.1, -0.05) is 37.3 Å². The molecule has 2 aromatic heterocycles. The average Bonchev–Trinajstić information content (AvgIpc) is 1.72. The van der Waals surface area contributed by atoms with Gasteiger partial charge in [-0.3, -0.25) is 57.6 Å². The number of imide groups is 1. The molecule has 9 N–H and O–H groups in total. The lowest BCUT2D eigenvalue weighted by Crippen LogP contribution is -2.53. The van der Waals surface area contributed by atoms with Gasteiger partial charge in [-0.25, -0.2) is 14.2 Å². The maximum atomic E-state index is 15.5. The minimum Gasteiger partial charge on any atom is -0.481 e. The second-order valence-corrected chi connectivity index (χ2v) is 20.4. The van der Waals surface area contributed by atoms with Gasteiger partial charge >= 0.3 is 11.9 Å². The number of fused-ring (bicyclic) bond motifs is 5. The predicted octanol–water partition coefficient (Wildman–Crippen LogP) is -1.48. The summed E-state index contributed by atoms with van der Waals surface area (Å²) in [5.41, 5.74) is 1.33. The van der Waals surface area contributed by atoms with Crippen LogP contribution in [0.15, 0.2) is 59.4 Å². The third-order valence-corrected chi connectivity index (χ3v) is 14.8. The summed E-state index contributed by atoms with van der Waals surface area (Å²) < 4.78 is 32.9. The lowest BCUT2D eigenvalue weighted by atomic mass is 9.81. The van der Waals surface area contributed by atoms with Gasteiger partial charge in [0.15, 0.2) is 5.60 Å². The Kier molecular flexibility index (Phi) is 19.9. The summed E-state index contributed by atoms with van der Waals surface area (Å²) in [7, 11) is 0. The van der Waals surface area contributed by atoms with E-state index < -0.39 is 120 Å². The van der Waals surface area contributed by atoms with Gasteiger partial charge in [0.1, 0.15) is 24.5 Å². The van der Waals surface area contributed by atoms with Gasteiger partial charge in [0.05, 0.1) is 87.5 Å². The molecule has 27 nitrogen and oxygen atoms in total. The second kappa shape index (κ2) is 27.4. The zero-order chi connectivity index (χ0) is 61.1. The van der Waals surface area contributed by atoms with Crippen molar-refractivity contribution in [2.24, 2.45) is 0 Å². The van der Waals surface area contributed by atoms with E-state index in [4.69, 9.17) is 19.2 Å². The number of ether oxygens (including phenoxy) is 3. The number of hydrogen-bond donors (Lipinski definition) is 9. The van der Waals surface area contributed by atoms with Crippen LogP contribution in [0.25, 0.3) is 22.3 Å². The molecule has 8 rings (SSSR count). The molecule has 4 aliphatic rings. The van der Waals surface area contributed by atoms with Crippen molar-refractivity contribution < 1.29 is 81.6 Å². The minimum atomic E-state index is -2.09. The zero-order valence-electron chi connectivity index (χ0n) is 46.4. The third-order valence-electron chi connectivity index (χ3n) is 14.8. The number of carbonyl (C=O) groups excluding carboxylic acids is 10. The topological polar surface area (TPSA) is 378 Å². The number of rotatable bonds is 28. The van der Waals surface area contributed by atoms with Gasteiger partial charge < -0.3 is 66.2 Å². The number of esters is 1. The molecule has 3 aliphatic heterocycles. The molecule has 85 heavy (non-hydrogen) atoms. The zero-order valence-corrected chi connectivity index (χ0v) is 46.4. The van der Waals surface area contributed by atoms with E-state index in [2.05, 4.69) is 37.2 Å². The molecule has 450 valence electrons. The maximum absolute atomic E-state index is 15.5. The van der Waals surface area contributed by atoms with Crippen LogP contribution in [-0.4, -0.2) is 161 Å². The van der Waals surface area contributed by atoms with E-state index in [0.717, 1.165) is 17.1 Å². The van der Waals surface area contributed by atoms with E-state index in [9.17, 15) is 67.7 Å². The first-order valence-electron chi connectivity index (χ1n) is 27.4. The van der Waals surface area contributed by atoms with Crippen LogP contribution >= 0.6 is 0 Å². The number of amides is 9. The maximum Gasteiger partial charge on any atom is 0.343 e. The van der Waals surface area contributed by atoms with Gasteiger partial charge in [0, 0.05) is 67.1 Å². The first-order chi connectivity index (χ1) is 40.7. The SMILES string of the molecule is CC[C@@]1(O)C(=O)OCc2c1cc1n(c2=O)Cc2c-1nc1cc(F)c(C)c3c1c2[C@@H](NC(=O)CNC(=O)[C@H](Cc1ccccc1)NC(=O)CNC(=O)CNC(=O)[C@H](CC(=O)O)NC(=O)CCOCCOCCNC(=O)CCN1C(=O)C=CC1=O)CC3. The lowest BCUT2D eigenvalue weighted by molar-refractivity contribution is -0.172. The van der Waals surface area contributed by atoms with Gasteiger partial charge in [-0.2, -0.15) is 0 Å². The van der Waals surface area contributed by atoms with Crippen molar-refractivity contribution in [2.45, 2.75) is 95.7 Å². The van der Waals surface area contributed by atoms with Gasteiger partial charge in [0.2, 0.25) is 41.4 Å². The van der Waals surface area contributed by atoms with Crippen LogP contribution in [0.1, 0.15) is 84.0 Å². The number of aryl methyl sites for hydroxylation is 1. The Morgan fingerprint density at radius 3 is 2.16 bits per heavy atom. The number of carbonyl (C=O) groups is 11. The summed E-state index contributed by atoms with van der Waals surface area (Å²) in [6, 6.07) is 7.82. The molecule has 0 saturated carbocycles. The average molecular weight is 1180 g/mol. The molecule has 0 bridgehead atoms. The highest BCUT2D eigenvalue weighted by Gasteiger charge is 2.46. The van der Waals surface area contributed by atoms with E-state index in [1.807, 2.05) is 0 Å². The molecule has 4 aromatic rings. The summed E-state index contributed by atoms with van der Waals surface area (Å²) in [6.07, 6.45) is 1.57. The lowest BCUT2D eigenvalue weighted by Gasteiger charge is -2.31. The summed E-state index contributed by atoms with van der Waals surface area (Å²) in [5.74, 6) is -9.08. The highest BCUT2D eigenvalue weighted by molar-refractivity contribution is 6.13. The van der Waals surface area contributed by atoms with Gasteiger partial charge in [0.25, 0.3) is 17.4 Å². The largest absolute Gasteiger partial charge is 0.481 e. The molecule has 5 heterocycles. The van der Waals surface area contributed by atoms with Crippen LogP contribution in [0.2, 0.25) is 0 Å². The van der Waals surface area contributed by atoms with Crippen molar-refractivity contribution in [1.29, 1.82) is 0 Å². The molecule has 1 aliphatic carbocycles. The Hall–Kier alpha value is -9.28. The first-order valence-corrected chi connectivity index (χ1v) is 27.4. The van der Waals surface area contributed by atoms with E-state index in [1.54, 1.807) is 44.2 Å². The Balaban J connectivity index is 0.801. The van der Waals surface area contributed by atoms with Gasteiger partial charge in [-0.15, -0.1) is 0 Å². The number of aliphatic hydroxyl groups is 1. The van der Waals surface area contributed by atoms with Crippen LogP contribution < -0.4 is 42.8 Å². The summed E-state index contributed by atoms with van der Waals surface area (Å²) in [5, 5.41) is 38.9. The van der Waals surface area contributed by atoms with Crippen molar-refractivity contribution in [3.05, 3.63) is 110 Å². The summed E-state index contributed by atoms with van der Waals surface area (Å²) in [6.45, 7) is 1.09. The van der Waals surface area contributed by atoms with Crippen molar-refractivity contribution in [1.82, 2.24) is 51.7 Å². The van der Waals surface area contributed by atoms with Gasteiger partial charge in [-0.05, 0) is 54.5 Å². The fourth-order valence-electron chi connectivity index (χ4n) is 10.4. The molecular weight excluding hydrogens is 1120 g/mol. The van der Waals surface area contributed by atoms with E-state index in [0.29, 0.717) is 51.7 Å². The molecule has 0 radical (unpaired) electrons. The number of aromatic nitrogens is 2. The number of aliphatic carboxylic acids is 1. The molecular formula is C57H63FN10O17. The Morgan fingerprint density at radius 1 is 0.788 bits per heavy atom. The van der Waals surface area contributed by atoms with E-state index in [-0.39, 0.29) is 107 Å². The highest BCUT2D eigenvalue weighted by Crippen LogP contribution is 2.46. The van der Waals surface area contributed by atoms with Crippen molar-refractivity contribution in [3.63, 3.8) is 0 Å². The fraction of sp³-hybridized carbons (Fsp3) is 0.421. The molecule has 0 fully saturated rings. The Labute approximate surface area is 483 Å². The molecule has 0 unspecified atom stereocenters.